The Labute approximate surface area is 129 Å². The molecule has 4 heteroatoms. The molecule has 0 amide bonds. The number of nitrogens with one attached hydrogen (secondary N) is 1. The second-order valence-corrected chi connectivity index (χ2v) is 6.71. The highest BCUT2D eigenvalue weighted by Gasteiger charge is 2.20. The van der Waals surface area contributed by atoms with Gasteiger partial charge in [0.15, 0.2) is 0 Å². The Morgan fingerprint density at radius 3 is 2.33 bits per heavy atom. The molecule has 0 heterocycles. The van der Waals surface area contributed by atoms with Crippen LogP contribution >= 0.6 is 0 Å². The fraction of sp³-hybridized carbons (Fsp3) is 0.647. The van der Waals surface area contributed by atoms with E-state index in [4.69, 9.17) is 9.47 Å². The predicted octanol–water partition coefficient (Wildman–Crippen LogP) is 2.94. The van der Waals surface area contributed by atoms with Gasteiger partial charge in [0, 0.05) is 24.7 Å². The van der Waals surface area contributed by atoms with E-state index in [9.17, 15) is 0 Å². The Hall–Kier alpha value is -1.26. The third-order valence-electron chi connectivity index (χ3n) is 3.40. The summed E-state index contributed by atoms with van der Waals surface area (Å²) in [6.45, 7) is 8.72. The minimum absolute atomic E-state index is 0.197. The van der Waals surface area contributed by atoms with E-state index >= 15 is 0 Å². The van der Waals surface area contributed by atoms with E-state index in [-0.39, 0.29) is 11.5 Å². The molecule has 1 N–H and O–H groups in total. The Morgan fingerprint density at radius 1 is 1.19 bits per heavy atom. The highest BCUT2D eigenvalue weighted by atomic mass is 16.5. The highest BCUT2D eigenvalue weighted by molar-refractivity contribution is 5.42. The SMILES string of the molecule is CNC(CN(C)CC(C)(C)C)c1cc(OC)ccc1OC. The number of hydrogen-bond acceptors (Lipinski definition) is 4. The van der Waals surface area contributed by atoms with Gasteiger partial charge in [0.05, 0.1) is 14.2 Å². The fourth-order valence-electron chi connectivity index (χ4n) is 2.64. The molecule has 0 fully saturated rings. The molecule has 0 saturated carbocycles. The average molecular weight is 294 g/mol. The smallest absolute Gasteiger partial charge is 0.123 e. The Kier molecular flexibility index (Phi) is 6.49. The zero-order chi connectivity index (χ0) is 16.0. The largest absolute Gasteiger partial charge is 0.497 e. The summed E-state index contributed by atoms with van der Waals surface area (Å²) in [6.07, 6.45) is 0. The van der Waals surface area contributed by atoms with Crippen LogP contribution in [0.5, 0.6) is 11.5 Å². The number of rotatable bonds is 7. The number of ether oxygens (including phenoxy) is 2. The molecule has 0 bridgehead atoms. The molecule has 0 aliphatic carbocycles. The van der Waals surface area contributed by atoms with E-state index in [1.54, 1.807) is 14.2 Å². The molecule has 0 radical (unpaired) electrons. The van der Waals surface area contributed by atoms with Crippen molar-refractivity contribution in [1.29, 1.82) is 0 Å². The van der Waals surface area contributed by atoms with Crippen molar-refractivity contribution in [2.45, 2.75) is 26.8 Å². The molecule has 1 aromatic rings. The summed E-state index contributed by atoms with van der Waals surface area (Å²) in [5.41, 5.74) is 1.41. The molecule has 0 aliphatic rings. The van der Waals surface area contributed by atoms with Crippen molar-refractivity contribution in [1.82, 2.24) is 10.2 Å². The van der Waals surface area contributed by atoms with Gasteiger partial charge in [-0.1, -0.05) is 20.8 Å². The van der Waals surface area contributed by atoms with Crippen LogP contribution in [-0.4, -0.2) is 46.3 Å². The quantitative estimate of drug-likeness (QED) is 0.838. The molecule has 1 unspecified atom stereocenters. The third-order valence-corrected chi connectivity index (χ3v) is 3.40. The topological polar surface area (TPSA) is 33.7 Å². The second-order valence-electron chi connectivity index (χ2n) is 6.71. The molecule has 120 valence electrons. The molecule has 21 heavy (non-hydrogen) atoms. The van der Waals surface area contributed by atoms with Gasteiger partial charge < -0.3 is 19.7 Å². The molecule has 0 aliphatic heterocycles. The molecule has 1 atom stereocenters. The molecule has 0 aromatic heterocycles. The van der Waals surface area contributed by atoms with Gasteiger partial charge in [-0.15, -0.1) is 0 Å². The van der Waals surface area contributed by atoms with Crippen LogP contribution in [0.3, 0.4) is 0 Å². The van der Waals surface area contributed by atoms with Gasteiger partial charge in [0.25, 0.3) is 0 Å². The minimum atomic E-state index is 0.197. The van der Waals surface area contributed by atoms with Gasteiger partial charge >= 0.3 is 0 Å². The van der Waals surface area contributed by atoms with Crippen LogP contribution in [-0.2, 0) is 0 Å². The van der Waals surface area contributed by atoms with Crippen molar-refractivity contribution in [2.24, 2.45) is 5.41 Å². The number of hydrogen-bond donors (Lipinski definition) is 1. The summed E-state index contributed by atoms with van der Waals surface area (Å²) in [5.74, 6) is 1.74. The summed E-state index contributed by atoms with van der Waals surface area (Å²) in [4.78, 5) is 2.35. The summed E-state index contributed by atoms with van der Waals surface area (Å²) >= 11 is 0. The summed E-state index contributed by atoms with van der Waals surface area (Å²) in [7, 11) is 7.53. The van der Waals surface area contributed by atoms with Gasteiger partial charge in [-0.3, -0.25) is 0 Å². The second kappa shape index (κ2) is 7.66. The molecule has 4 nitrogen and oxygen atoms in total. The van der Waals surface area contributed by atoms with Gasteiger partial charge in [-0.05, 0) is 37.7 Å². The Bertz CT molecular complexity index is 441. The van der Waals surface area contributed by atoms with Crippen LogP contribution in [0.2, 0.25) is 0 Å². The maximum atomic E-state index is 5.50. The maximum Gasteiger partial charge on any atom is 0.123 e. The van der Waals surface area contributed by atoms with Crippen molar-refractivity contribution >= 4 is 0 Å². The molecule has 1 aromatic carbocycles. The lowest BCUT2D eigenvalue weighted by Gasteiger charge is -2.30. The first-order valence-electron chi connectivity index (χ1n) is 7.38. The van der Waals surface area contributed by atoms with Gasteiger partial charge in [-0.2, -0.15) is 0 Å². The lowest BCUT2D eigenvalue weighted by atomic mass is 9.95. The lowest BCUT2D eigenvalue weighted by Crippen LogP contribution is -2.36. The van der Waals surface area contributed by atoms with Crippen LogP contribution in [0.15, 0.2) is 18.2 Å². The van der Waals surface area contributed by atoms with Crippen LogP contribution < -0.4 is 14.8 Å². The summed E-state index contributed by atoms with van der Waals surface area (Å²) < 4.78 is 10.8. The average Bonchev–Trinajstić information content (AvgIpc) is 2.42. The fourth-order valence-corrected chi connectivity index (χ4v) is 2.64. The first-order valence-corrected chi connectivity index (χ1v) is 7.38. The van der Waals surface area contributed by atoms with Crippen molar-refractivity contribution in [3.63, 3.8) is 0 Å². The molecule has 1 rings (SSSR count). The predicted molar refractivity (Wildman–Crippen MR) is 88.3 cm³/mol. The summed E-state index contributed by atoms with van der Waals surface area (Å²) in [6, 6.07) is 6.13. The zero-order valence-electron chi connectivity index (χ0n) is 14.5. The first-order chi connectivity index (χ1) is 9.80. The third kappa shape index (κ3) is 5.56. The van der Waals surface area contributed by atoms with Gasteiger partial charge in [0.2, 0.25) is 0 Å². The van der Waals surface area contributed by atoms with Crippen LogP contribution in [0, 0.1) is 5.41 Å². The molecular weight excluding hydrogens is 264 g/mol. The van der Waals surface area contributed by atoms with E-state index in [2.05, 4.69) is 38.0 Å². The maximum absolute atomic E-state index is 5.50. The normalized spacial score (nSPS) is 13.3. The molecular formula is C17H30N2O2. The van der Waals surface area contributed by atoms with Crippen molar-refractivity contribution in [2.75, 3.05) is 41.4 Å². The van der Waals surface area contributed by atoms with E-state index in [1.807, 2.05) is 25.2 Å². The van der Waals surface area contributed by atoms with E-state index in [0.717, 1.165) is 30.2 Å². The Morgan fingerprint density at radius 2 is 1.86 bits per heavy atom. The standard InChI is InChI=1S/C17H30N2O2/c1-17(2,3)12-19(5)11-15(18-4)14-10-13(20-6)8-9-16(14)21-7/h8-10,15,18H,11-12H2,1-7H3. The number of benzene rings is 1. The lowest BCUT2D eigenvalue weighted by molar-refractivity contribution is 0.209. The zero-order valence-corrected chi connectivity index (χ0v) is 14.5. The van der Waals surface area contributed by atoms with E-state index in [0.29, 0.717) is 0 Å². The van der Waals surface area contributed by atoms with Crippen molar-refractivity contribution in [3.8, 4) is 11.5 Å². The number of methoxy groups -OCH3 is 2. The monoisotopic (exact) mass is 294 g/mol. The minimum Gasteiger partial charge on any atom is -0.497 e. The highest BCUT2D eigenvalue weighted by Crippen LogP contribution is 2.30. The van der Waals surface area contributed by atoms with Crippen LogP contribution in [0.25, 0.3) is 0 Å². The van der Waals surface area contributed by atoms with Crippen LogP contribution in [0.1, 0.15) is 32.4 Å². The summed E-state index contributed by atoms with van der Waals surface area (Å²) in [5, 5.41) is 3.38. The number of likely N-dealkylation sites (N-methyl/N-ethyl adjacent to an activating group) is 2. The Balaban J connectivity index is 2.93. The van der Waals surface area contributed by atoms with Crippen LogP contribution in [0.4, 0.5) is 0 Å². The van der Waals surface area contributed by atoms with Crippen molar-refractivity contribution in [3.05, 3.63) is 23.8 Å². The molecule has 0 spiro atoms. The van der Waals surface area contributed by atoms with E-state index < -0.39 is 0 Å². The first kappa shape index (κ1) is 17.8. The van der Waals surface area contributed by atoms with Gasteiger partial charge in [0.1, 0.15) is 11.5 Å². The number of nitrogens with zero attached hydrogens (tertiary/aromatic N) is 1. The van der Waals surface area contributed by atoms with Gasteiger partial charge in [-0.25, -0.2) is 0 Å². The molecule has 0 saturated heterocycles. The van der Waals surface area contributed by atoms with E-state index in [1.165, 1.54) is 0 Å². The van der Waals surface area contributed by atoms with Crippen molar-refractivity contribution < 1.29 is 9.47 Å².